The Hall–Kier alpha value is -3.07. The number of halogens is 4. The summed E-state index contributed by atoms with van der Waals surface area (Å²) in [5.41, 5.74) is -1.31. The third-order valence-corrected chi connectivity index (χ3v) is 5.79. The molecule has 0 atom stereocenters. The van der Waals surface area contributed by atoms with Crippen LogP contribution < -0.4 is 11.0 Å². The third kappa shape index (κ3) is 4.98. The molecule has 1 amide bonds. The van der Waals surface area contributed by atoms with E-state index >= 15 is 0 Å². The number of amides is 1. The number of aromatic nitrogens is 3. The summed E-state index contributed by atoms with van der Waals surface area (Å²) in [6.07, 6.45) is -2.79. The van der Waals surface area contributed by atoms with E-state index in [1.165, 1.54) is 12.1 Å². The normalized spacial score (nSPS) is 14.4. The molecule has 10 heteroatoms. The maximum Gasteiger partial charge on any atom is 0.416 e. The molecule has 0 unspecified atom stereocenters. The van der Waals surface area contributed by atoms with Crippen LogP contribution in [0.1, 0.15) is 43.9 Å². The predicted octanol–water partition coefficient (Wildman–Crippen LogP) is 4.77. The van der Waals surface area contributed by atoms with Gasteiger partial charge in [-0.1, -0.05) is 23.7 Å². The van der Waals surface area contributed by atoms with E-state index in [0.717, 1.165) is 29.7 Å². The molecule has 1 N–H and O–H groups in total. The summed E-state index contributed by atoms with van der Waals surface area (Å²) in [4.78, 5) is 25.7. The Morgan fingerprint density at radius 3 is 2.36 bits per heavy atom. The lowest BCUT2D eigenvalue weighted by Crippen LogP contribution is -2.44. The molecule has 174 valence electrons. The van der Waals surface area contributed by atoms with Crippen LogP contribution in [0.5, 0.6) is 0 Å². The largest absolute Gasteiger partial charge is 0.416 e. The standard InChI is InChI=1S/C23H22ClF3N4O2/c1-22(2,15-4-3-5-16(12-15)23(25,26)27)28-19(32)13-30-21(33)31(18-10-11-18)20(29-30)14-6-8-17(24)9-7-14/h3-9,12,18H,10-11,13H2,1-2H3,(H,28,32). The van der Waals surface area contributed by atoms with Gasteiger partial charge < -0.3 is 5.32 Å². The number of hydrogen-bond acceptors (Lipinski definition) is 3. The predicted molar refractivity (Wildman–Crippen MR) is 118 cm³/mol. The van der Waals surface area contributed by atoms with Crippen molar-refractivity contribution in [1.29, 1.82) is 0 Å². The number of benzene rings is 2. The summed E-state index contributed by atoms with van der Waals surface area (Å²) in [5, 5.41) is 7.64. The van der Waals surface area contributed by atoms with Crippen molar-refractivity contribution in [3.8, 4) is 11.4 Å². The molecular weight excluding hydrogens is 457 g/mol. The molecule has 1 aromatic heterocycles. The Balaban J connectivity index is 1.57. The summed E-state index contributed by atoms with van der Waals surface area (Å²) >= 11 is 5.96. The van der Waals surface area contributed by atoms with E-state index in [-0.39, 0.29) is 12.6 Å². The van der Waals surface area contributed by atoms with Crippen molar-refractivity contribution in [3.63, 3.8) is 0 Å². The number of carbonyl (C=O) groups excluding carboxylic acids is 1. The topological polar surface area (TPSA) is 68.9 Å². The monoisotopic (exact) mass is 478 g/mol. The number of nitrogens with one attached hydrogen (secondary N) is 1. The summed E-state index contributed by atoms with van der Waals surface area (Å²) in [7, 11) is 0. The number of hydrogen-bond donors (Lipinski definition) is 1. The molecule has 0 radical (unpaired) electrons. The van der Waals surface area contributed by atoms with Crippen LogP contribution in [0, 0.1) is 0 Å². The highest BCUT2D eigenvalue weighted by Gasteiger charge is 2.33. The molecule has 4 rings (SSSR count). The highest BCUT2D eigenvalue weighted by Crippen LogP contribution is 2.36. The smallest absolute Gasteiger partial charge is 0.346 e. The molecule has 1 aliphatic carbocycles. The van der Waals surface area contributed by atoms with E-state index < -0.39 is 28.9 Å². The fourth-order valence-electron chi connectivity index (χ4n) is 3.66. The Morgan fingerprint density at radius 2 is 1.76 bits per heavy atom. The van der Waals surface area contributed by atoms with Gasteiger partial charge in [0.25, 0.3) is 0 Å². The minimum atomic E-state index is -4.49. The van der Waals surface area contributed by atoms with Crippen molar-refractivity contribution >= 4 is 17.5 Å². The Kier molecular flexibility index (Phi) is 5.86. The lowest BCUT2D eigenvalue weighted by atomic mass is 9.92. The average molecular weight is 479 g/mol. The van der Waals surface area contributed by atoms with Crippen LogP contribution in [-0.2, 0) is 23.1 Å². The molecule has 1 aliphatic rings. The Labute approximate surface area is 193 Å². The zero-order valence-electron chi connectivity index (χ0n) is 18.0. The fraction of sp³-hybridized carbons (Fsp3) is 0.348. The van der Waals surface area contributed by atoms with Crippen LogP contribution in [0.3, 0.4) is 0 Å². The third-order valence-electron chi connectivity index (χ3n) is 5.54. The molecule has 2 aromatic carbocycles. The first kappa shape index (κ1) is 23.1. The summed E-state index contributed by atoms with van der Waals surface area (Å²) < 4.78 is 41.9. The van der Waals surface area contributed by atoms with Crippen molar-refractivity contribution < 1.29 is 18.0 Å². The van der Waals surface area contributed by atoms with Gasteiger partial charge in [0, 0.05) is 16.6 Å². The molecule has 0 bridgehead atoms. The van der Waals surface area contributed by atoms with Crippen LogP contribution in [0.25, 0.3) is 11.4 Å². The zero-order valence-corrected chi connectivity index (χ0v) is 18.7. The van der Waals surface area contributed by atoms with Gasteiger partial charge in [-0.15, -0.1) is 5.10 Å². The fourth-order valence-corrected chi connectivity index (χ4v) is 3.79. The second-order valence-electron chi connectivity index (χ2n) is 8.62. The van der Waals surface area contributed by atoms with Crippen LogP contribution >= 0.6 is 11.6 Å². The molecular formula is C23H22ClF3N4O2. The zero-order chi connectivity index (χ0) is 24.0. The molecule has 1 heterocycles. The first-order chi connectivity index (χ1) is 15.5. The van der Waals surface area contributed by atoms with Crippen LogP contribution in [0.2, 0.25) is 5.02 Å². The highest BCUT2D eigenvalue weighted by atomic mass is 35.5. The summed E-state index contributed by atoms with van der Waals surface area (Å²) in [6.45, 7) is 2.84. The van der Waals surface area contributed by atoms with Gasteiger partial charge in [0.2, 0.25) is 5.91 Å². The van der Waals surface area contributed by atoms with Crippen molar-refractivity contribution in [2.75, 3.05) is 0 Å². The first-order valence-electron chi connectivity index (χ1n) is 10.4. The van der Waals surface area contributed by atoms with Gasteiger partial charge in [0.1, 0.15) is 6.54 Å². The van der Waals surface area contributed by atoms with Crippen LogP contribution in [-0.4, -0.2) is 20.3 Å². The summed E-state index contributed by atoms with van der Waals surface area (Å²) in [6, 6.07) is 11.7. The minimum absolute atomic E-state index is 0.0292. The van der Waals surface area contributed by atoms with Crippen molar-refractivity contribution in [2.45, 2.75) is 51.0 Å². The van der Waals surface area contributed by atoms with E-state index in [1.54, 1.807) is 42.7 Å². The SMILES string of the molecule is CC(C)(NC(=O)Cn1nc(-c2ccc(Cl)cc2)n(C2CC2)c1=O)c1cccc(C(F)(F)F)c1. The van der Waals surface area contributed by atoms with Gasteiger partial charge >= 0.3 is 11.9 Å². The molecule has 0 aliphatic heterocycles. The van der Waals surface area contributed by atoms with Crippen molar-refractivity contribution in [1.82, 2.24) is 19.7 Å². The van der Waals surface area contributed by atoms with Gasteiger partial charge in [-0.05, 0) is 68.7 Å². The van der Waals surface area contributed by atoms with E-state index in [4.69, 9.17) is 11.6 Å². The minimum Gasteiger partial charge on any atom is -0.346 e. The van der Waals surface area contributed by atoms with E-state index in [0.29, 0.717) is 22.0 Å². The van der Waals surface area contributed by atoms with E-state index in [9.17, 15) is 22.8 Å². The average Bonchev–Trinajstić information content (AvgIpc) is 3.52. The maximum absolute atomic E-state index is 13.1. The van der Waals surface area contributed by atoms with Gasteiger partial charge in [-0.25, -0.2) is 9.48 Å². The van der Waals surface area contributed by atoms with E-state index in [2.05, 4.69) is 10.4 Å². The van der Waals surface area contributed by atoms with Crippen molar-refractivity contribution in [2.24, 2.45) is 0 Å². The van der Waals surface area contributed by atoms with E-state index in [1.807, 2.05) is 0 Å². The van der Waals surface area contributed by atoms with Gasteiger partial charge in [-0.2, -0.15) is 13.2 Å². The second kappa shape index (κ2) is 8.37. The van der Waals surface area contributed by atoms with Gasteiger partial charge in [0.15, 0.2) is 5.82 Å². The molecule has 3 aromatic rings. The van der Waals surface area contributed by atoms with Gasteiger partial charge in [-0.3, -0.25) is 9.36 Å². The van der Waals surface area contributed by atoms with Gasteiger partial charge in [0.05, 0.1) is 11.1 Å². The Morgan fingerprint density at radius 1 is 1.12 bits per heavy atom. The molecule has 0 spiro atoms. The van der Waals surface area contributed by atoms with Crippen LogP contribution in [0.15, 0.2) is 53.3 Å². The number of rotatable bonds is 6. The molecule has 1 saturated carbocycles. The number of alkyl halides is 3. The summed E-state index contributed by atoms with van der Waals surface area (Å²) in [5.74, 6) is -0.0910. The molecule has 0 saturated heterocycles. The quantitative estimate of drug-likeness (QED) is 0.555. The first-order valence-corrected chi connectivity index (χ1v) is 10.8. The second-order valence-corrected chi connectivity index (χ2v) is 9.06. The number of carbonyl (C=O) groups is 1. The van der Waals surface area contributed by atoms with Crippen LogP contribution in [0.4, 0.5) is 13.2 Å². The molecule has 33 heavy (non-hydrogen) atoms. The highest BCUT2D eigenvalue weighted by molar-refractivity contribution is 6.30. The van der Waals surface area contributed by atoms with Crippen molar-refractivity contribution in [3.05, 3.63) is 75.2 Å². The molecule has 1 fully saturated rings. The lowest BCUT2D eigenvalue weighted by Gasteiger charge is -2.27. The lowest BCUT2D eigenvalue weighted by molar-refractivity contribution is -0.137. The Bertz CT molecular complexity index is 1240. The maximum atomic E-state index is 13.1. The number of nitrogens with zero attached hydrogens (tertiary/aromatic N) is 3. The molecule has 6 nitrogen and oxygen atoms in total.